The summed E-state index contributed by atoms with van der Waals surface area (Å²) >= 11 is 3.34. The predicted octanol–water partition coefficient (Wildman–Crippen LogP) is 2.34. The van der Waals surface area contributed by atoms with Gasteiger partial charge in [0.15, 0.2) is 0 Å². The molecule has 0 bridgehead atoms. The predicted molar refractivity (Wildman–Crippen MR) is 85.8 cm³/mol. The minimum Gasteiger partial charge on any atom is -0.325 e. The SMILES string of the molecule is CCCC1CC(=O)N(CC(=O)Nc2ccc(Br)cc2)CN1. The zero-order chi connectivity index (χ0) is 15.2. The van der Waals surface area contributed by atoms with E-state index in [4.69, 9.17) is 0 Å². The third kappa shape index (κ3) is 4.82. The monoisotopic (exact) mass is 353 g/mol. The standard InChI is InChI=1S/C15H20BrN3O2/c1-2-3-13-8-15(21)19(10-17-13)9-14(20)18-12-6-4-11(16)5-7-12/h4-7,13,17H,2-3,8-10H2,1H3,(H,18,20). The molecule has 6 heteroatoms. The van der Waals surface area contributed by atoms with Crippen LogP contribution in [0.5, 0.6) is 0 Å². The lowest BCUT2D eigenvalue weighted by Crippen LogP contribution is -2.52. The topological polar surface area (TPSA) is 61.4 Å². The molecule has 1 fully saturated rings. The molecule has 2 amide bonds. The number of halogens is 1. The lowest BCUT2D eigenvalue weighted by atomic mass is 10.1. The van der Waals surface area contributed by atoms with Gasteiger partial charge in [-0.3, -0.25) is 14.9 Å². The number of hydrogen-bond acceptors (Lipinski definition) is 3. The molecular formula is C15H20BrN3O2. The molecule has 1 aromatic rings. The van der Waals surface area contributed by atoms with Gasteiger partial charge in [0.05, 0.1) is 6.67 Å². The van der Waals surface area contributed by atoms with E-state index in [0.29, 0.717) is 13.1 Å². The summed E-state index contributed by atoms with van der Waals surface area (Å²) in [5.74, 6) is -0.139. The lowest BCUT2D eigenvalue weighted by Gasteiger charge is -2.32. The van der Waals surface area contributed by atoms with E-state index in [2.05, 4.69) is 33.5 Å². The van der Waals surface area contributed by atoms with Crippen molar-refractivity contribution < 1.29 is 9.59 Å². The van der Waals surface area contributed by atoms with E-state index in [9.17, 15) is 9.59 Å². The van der Waals surface area contributed by atoms with E-state index in [1.54, 1.807) is 4.90 Å². The van der Waals surface area contributed by atoms with Crippen molar-refractivity contribution in [3.05, 3.63) is 28.7 Å². The van der Waals surface area contributed by atoms with Crippen LogP contribution in [0.25, 0.3) is 0 Å². The highest BCUT2D eigenvalue weighted by Crippen LogP contribution is 2.14. The molecule has 1 aromatic carbocycles. The largest absolute Gasteiger partial charge is 0.325 e. The Labute approximate surface area is 133 Å². The second kappa shape index (κ2) is 7.56. The third-order valence-electron chi connectivity index (χ3n) is 3.44. The Hall–Kier alpha value is -1.40. The van der Waals surface area contributed by atoms with Crippen LogP contribution < -0.4 is 10.6 Å². The maximum Gasteiger partial charge on any atom is 0.244 e. The van der Waals surface area contributed by atoms with Crippen molar-refractivity contribution in [3.8, 4) is 0 Å². The summed E-state index contributed by atoms with van der Waals surface area (Å²) in [5.41, 5.74) is 0.726. The van der Waals surface area contributed by atoms with Crippen LogP contribution in [0.1, 0.15) is 26.2 Å². The molecule has 2 rings (SSSR count). The summed E-state index contributed by atoms with van der Waals surface area (Å²) in [6.45, 7) is 2.63. The van der Waals surface area contributed by atoms with Crippen LogP contribution in [-0.4, -0.2) is 36.0 Å². The van der Waals surface area contributed by atoms with Crippen LogP contribution in [0, 0.1) is 0 Å². The van der Waals surface area contributed by atoms with Crippen LogP contribution in [0.15, 0.2) is 28.7 Å². The molecule has 0 aromatic heterocycles. The Morgan fingerprint density at radius 1 is 1.43 bits per heavy atom. The average Bonchev–Trinajstić information content (AvgIpc) is 2.45. The summed E-state index contributed by atoms with van der Waals surface area (Å²) in [4.78, 5) is 25.5. The van der Waals surface area contributed by atoms with Crippen LogP contribution >= 0.6 is 15.9 Å². The van der Waals surface area contributed by atoms with Gasteiger partial charge >= 0.3 is 0 Å². The molecule has 5 nitrogen and oxygen atoms in total. The smallest absolute Gasteiger partial charge is 0.244 e. The number of hydrogen-bond donors (Lipinski definition) is 2. The first-order chi connectivity index (χ1) is 10.1. The first-order valence-electron chi connectivity index (χ1n) is 7.15. The molecule has 0 saturated carbocycles. The van der Waals surface area contributed by atoms with E-state index in [1.807, 2.05) is 24.3 Å². The normalized spacial score (nSPS) is 18.7. The zero-order valence-electron chi connectivity index (χ0n) is 12.1. The van der Waals surface area contributed by atoms with E-state index < -0.39 is 0 Å². The van der Waals surface area contributed by atoms with E-state index >= 15 is 0 Å². The van der Waals surface area contributed by atoms with Crippen LogP contribution in [0.2, 0.25) is 0 Å². The van der Waals surface area contributed by atoms with Gasteiger partial charge in [-0.25, -0.2) is 0 Å². The van der Waals surface area contributed by atoms with E-state index in [-0.39, 0.29) is 24.4 Å². The minimum atomic E-state index is -0.179. The van der Waals surface area contributed by atoms with Crippen molar-refractivity contribution in [2.24, 2.45) is 0 Å². The van der Waals surface area contributed by atoms with E-state index in [1.165, 1.54) is 0 Å². The maximum absolute atomic E-state index is 12.0. The minimum absolute atomic E-state index is 0.0400. The Morgan fingerprint density at radius 2 is 2.14 bits per heavy atom. The Balaban J connectivity index is 1.83. The number of nitrogens with one attached hydrogen (secondary N) is 2. The molecule has 0 spiro atoms. The molecule has 1 aliphatic rings. The fourth-order valence-corrected chi connectivity index (χ4v) is 2.61. The molecule has 1 heterocycles. The lowest BCUT2D eigenvalue weighted by molar-refractivity contribution is -0.138. The Kier molecular flexibility index (Phi) is 5.76. The summed E-state index contributed by atoms with van der Waals surface area (Å²) in [5, 5.41) is 6.09. The van der Waals surface area contributed by atoms with Crippen molar-refractivity contribution in [2.45, 2.75) is 32.2 Å². The molecule has 1 aliphatic heterocycles. The third-order valence-corrected chi connectivity index (χ3v) is 3.97. The molecule has 21 heavy (non-hydrogen) atoms. The number of benzene rings is 1. The molecule has 1 unspecified atom stereocenters. The first-order valence-corrected chi connectivity index (χ1v) is 7.94. The Bertz CT molecular complexity index is 504. The van der Waals surface area contributed by atoms with Gasteiger partial charge in [-0.05, 0) is 30.7 Å². The highest BCUT2D eigenvalue weighted by molar-refractivity contribution is 9.10. The summed E-state index contributed by atoms with van der Waals surface area (Å²) in [6.07, 6.45) is 2.51. The number of carbonyl (C=O) groups is 2. The van der Waals surface area contributed by atoms with Crippen molar-refractivity contribution in [1.29, 1.82) is 0 Å². The van der Waals surface area contributed by atoms with Crippen molar-refractivity contribution in [3.63, 3.8) is 0 Å². The average molecular weight is 354 g/mol. The van der Waals surface area contributed by atoms with Gasteiger partial charge in [0.25, 0.3) is 0 Å². The van der Waals surface area contributed by atoms with Gasteiger partial charge in [-0.15, -0.1) is 0 Å². The summed E-state index contributed by atoms with van der Waals surface area (Å²) in [7, 11) is 0. The van der Waals surface area contributed by atoms with E-state index in [0.717, 1.165) is 23.0 Å². The van der Waals surface area contributed by atoms with Crippen LogP contribution in [0.4, 0.5) is 5.69 Å². The van der Waals surface area contributed by atoms with Crippen molar-refractivity contribution >= 4 is 33.4 Å². The van der Waals surface area contributed by atoms with Crippen molar-refractivity contribution in [1.82, 2.24) is 10.2 Å². The molecule has 0 aliphatic carbocycles. The number of amides is 2. The molecule has 0 radical (unpaired) electrons. The highest BCUT2D eigenvalue weighted by Gasteiger charge is 2.25. The first kappa shape index (κ1) is 16.0. The van der Waals surface area contributed by atoms with Gasteiger partial charge in [0, 0.05) is 22.6 Å². The number of carbonyl (C=O) groups excluding carboxylic acids is 2. The molecule has 1 saturated heterocycles. The maximum atomic E-state index is 12.0. The second-order valence-corrected chi connectivity index (χ2v) is 6.11. The number of rotatable bonds is 5. The second-order valence-electron chi connectivity index (χ2n) is 5.20. The van der Waals surface area contributed by atoms with Gasteiger partial charge in [-0.1, -0.05) is 29.3 Å². The fraction of sp³-hybridized carbons (Fsp3) is 0.467. The van der Waals surface area contributed by atoms with Gasteiger partial charge in [-0.2, -0.15) is 0 Å². The van der Waals surface area contributed by atoms with Gasteiger partial charge in [0.1, 0.15) is 6.54 Å². The molecular weight excluding hydrogens is 334 g/mol. The molecule has 2 N–H and O–H groups in total. The quantitative estimate of drug-likeness (QED) is 0.853. The molecule has 1 atom stereocenters. The van der Waals surface area contributed by atoms with Crippen LogP contribution in [-0.2, 0) is 9.59 Å². The molecule has 114 valence electrons. The van der Waals surface area contributed by atoms with Gasteiger partial charge < -0.3 is 10.2 Å². The van der Waals surface area contributed by atoms with Gasteiger partial charge in [0.2, 0.25) is 11.8 Å². The Morgan fingerprint density at radius 3 is 2.76 bits per heavy atom. The zero-order valence-corrected chi connectivity index (χ0v) is 13.6. The fourth-order valence-electron chi connectivity index (χ4n) is 2.34. The number of anilines is 1. The van der Waals surface area contributed by atoms with Crippen molar-refractivity contribution in [2.75, 3.05) is 18.5 Å². The summed E-state index contributed by atoms with van der Waals surface area (Å²) in [6, 6.07) is 7.59. The number of nitrogens with zero attached hydrogens (tertiary/aromatic N) is 1. The van der Waals surface area contributed by atoms with Crippen LogP contribution in [0.3, 0.4) is 0 Å². The highest BCUT2D eigenvalue weighted by atomic mass is 79.9. The summed E-state index contributed by atoms with van der Waals surface area (Å²) < 4.78 is 0.956.